The van der Waals surface area contributed by atoms with E-state index in [0.717, 1.165) is 12.1 Å². The molecule has 2 aromatic carbocycles. The summed E-state index contributed by atoms with van der Waals surface area (Å²) in [7, 11) is 0. The Kier molecular flexibility index (Phi) is 5.62. The highest BCUT2D eigenvalue weighted by molar-refractivity contribution is 5.94. The molecule has 6 nitrogen and oxygen atoms in total. The number of rotatable bonds is 7. The van der Waals surface area contributed by atoms with E-state index in [2.05, 4.69) is 20.0 Å². The van der Waals surface area contributed by atoms with Gasteiger partial charge in [-0.1, -0.05) is 18.2 Å². The fourth-order valence-corrected chi connectivity index (χ4v) is 2.38. The number of halogens is 4. The molecule has 0 saturated heterocycles. The van der Waals surface area contributed by atoms with Crippen molar-refractivity contribution in [2.45, 2.75) is 12.5 Å². The van der Waals surface area contributed by atoms with Gasteiger partial charge in [-0.25, -0.2) is 9.97 Å². The van der Waals surface area contributed by atoms with Crippen LogP contribution >= 0.6 is 0 Å². The smallest absolute Gasteiger partial charge is 0.428 e. The monoisotopic (exact) mass is 406 g/mol. The summed E-state index contributed by atoms with van der Waals surface area (Å²) in [4.78, 5) is 19.6. The van der Waals surface area contributed by atoms with Crippen LogP contribution in [0, 0.1) is 0 Å². The van der Waals surface area contributed by atoms with Gasteiger partial charge < -0.3 is 15.8 Å². The lowest BCUT2D eigenvalue weighted by atomic mass is 10.1. The van der Waals surface area contributed by atoms with Gasteiger partial charge in [0.1, 0.15) is 5.75 Å². The topological polar surface area (TPSA) is 90.1 Å². The van der Waals surface area contributed by atoms with Crippen molar-refractivity contribution >= 4 is 17.5 Å². The zero-order chi connectivity index (χ0) is 21.0. The quantitative estimate of drug-likeness (QED) is 0.574. The van der Waals surface area contributed by atoms with E-state index in [4.69, 9.17) is 5.73 Å². The molecule has 1 aromatic heterocycles. The number of nitrogens with one attached hydrogen (secondary N) is 1. The number of amides is 1. The van der Waals surface area contributed by atoms with Crippen LogP contribution in [0.4, 0.5) is 29.2 Å². The van der Waals surface area contributed by atoms with Gasteiger partial charge in [-0.05, 0) is 30.3 Å². The molecule has 0 aliphatic heterocycles. The summed E-state index contributed by atoms with van der Waals surface area (Å²) in [5.74, 6) is -0.924. The minimum atomic E-state index is -4.61. The summed E-state index contributed by atoms with van der Waals surface area (Å²) in [6.45, 7) is 0. The molecule has 0 saturated carbocycles. The van der Waals surface area contributed by atoms with E-state index < -0.39 is 24.2 Å². The van der Waals surface area contributed by atoms with E-state index in [-0.39, 0.29) is 11.6 Å². The molecule has 0 bridgehead atoms. The molecular formula is C19H14F4N4O2. The number of primary amides is 1. The summed E-state index contributed by atoms with van der Waals surface area (Å²) >= 11 is 0. The van der Waals surface area contributed by atoms with Crippen molar-refractivity contribution in [3.63, 3.8) is 0 Å². The second-order valence-corrected chi connectivity index (χ2v) is 5.83. The summed E-state index contributed by atoms with van der Waals surface area (Å²) < 4.78 is 54.8. The van der Waals surface area contributed by atoms with Crippen molar-refractivity contribution in [2.75, 3.05) is 5.32 Å². The third-order valence-electron chi connectivity index (χ3n) is 3.70. The number of carbonyl (C=O) groups is 1. The van der Waals surface area contributed by atoms with Gasteiger partial charge in [0, 0.05) is 29.1 Å². The van der Waals surface area contributed by atoms with E-state index in [0.29, 0.717) is 16.8 Å². The first kappa shape index (κ1) is 20.1. The molecule has 0 atom stereocenters. The van der Waals surface area contributed by atoms with Gasteiger partial charge in [-0.3, -0.25) is 4.79 Å². The van der Waals surface area contributed by atoms with Gasteiger partial charge in [0.05, 0.1) is 5.69 Å². The van der Waals surface area contributed by atoms with E-state index in [1.165, 1.54) is 18.3 Å². The first-order valence-corrected chi connectivity index (χ1v) is 8.20. The van der Waals surface area contributed by atoms with Crippen molar-refractivity contribution in [1.82, 2.24) is 9.97 Å². The number of hydrogen-bond acceptors (Lipinski definition) is 5. The number of aromatic nitrogens is 2. The van der Waals surface area contributed by atoms with Gasteiger partial charge in [0.25, 0.3) is 0 Å². The lowest BCUT2D eigenvalue weighted by Crippen LogP contribution is -2.33. The van der Waals surface area contributed by atoms with Crippen LogP contribution in [0.1, 0.15) is 10.4 Å². The van der Waals surface area contributed by atoms with Crippen LogP contribution in [0.15, 0.2) is 60.8 Å². The Balaban J connectivity index is 1.82. The highest BCUT2D eigenvalue weighted by Gasteiger charge is 2.43. The van der Waals surface area contributed by atoms with Crippen LogP contribution in [0.5, 0.6) is 5.75 Å². The molecule has 0 aliphatic rings. The summed E-state index contributed by atoms with van der Waals surface area (Å²) in [5.41, 5.74) is 6.91. The molecule has 10 heteroatoms. The third kappa shape index (κ3) is 4.98. The molecule has 150 valence electrons. The van der Waals surface area contributed by atoms with Crippen LogP contribution in [-0.2, 0) is 0 Å². The number of nitrogens with two attached hydrogens (primary N) is 1. The maximum atomic E-state index is 13.1. The summed E-state index contributed by atoms with van der Waals surface area (Å²) in [5, 5.41) is 2.78. The van der Waals surface area contributed by atoms with Crippen LogP contribution < -0.4 is 15.8 Å². The second kappa shape index (κ2) is 8.13. The van der Waals surface area contributed by atoms with Crippen LogP contribution in [-0.4, -0.2) is 28.4 Å². The molecule has 1 amide bonds. The zero-order valence-electron chi connectivity index (χ0n) is 14.7. The largest absolute Gasteiger partial charge is 0.461 e. The predicted molar refractivity (Wildman–Crippen MR) is 97.3 cm³/mol. The third-order valence-corrected chi connectivity index (χ3v) is 3.70. The fourth-order valence-electron chi connectivity index (χ4n) is 2.38. The van der Waals surface area contributed by atoms with Gasteiger partial charge in [-0.15, -0.1) is 0 Å². The molecule has 0 spiro atoms. The van der Waals surface area contributed by atoms with Crippen LogP contribution in [0.25, 0.3) is 11.3 Å². The maximum Gasteiger partial charge on any atom is 0.461 e. The van der Waals surface area contributed by atoms with Crippen LogP contribution in [0.2, 0.25) is 0 Å². The predicted octanol–water partition coefficient (Wildman–Crippen LogP) is 4.22. The number of hydrogen-bond donors (Lipinski definition) is 2. The number of ether oxygens (including phenoxy) is 1. The number of nitrogens with zero attached hydrogens (tertiary/aromatic N) is 2. The normalized spacial score (nSPS) is 11.3. The highest BCUT2D eigenvalue weighted by Crippen LogP contribution is 2.29. The second-order valence-electron chi connectivity index (χ2n) is 5.83. The summed E-state index contributed by atoms with van der Waals surface area (Å²) in [6.07, 6.45) is -7.12. The standard InChI is InChI=1S/C19H14F4N4O2/c20-17(21)19(22,23)29-14-6-2-5-13(10-14)26-18-25-8-7-15(27-18)11-3-1-4-12(9-11)16(24)28/h1-10,17H,(H2,24,28)(H,25,26,27). The minimum absolute atomic E-state index is 0.116. The lowest BCUT2D eigenvalue weighted by molar-refractivity contribution is -0.253. The van der Waals surface area contributed by atoms with Crippen molar-refractivity contribution < 1.29 is 27.1 Å². The van der Waals surface area contributed by atoms with E-state index in [1.807, 2.05) is 0 Å². The molecule has 0 radical (unpaired) electrons. The number of carbonyl (C=O) groups excluding carboxylic acids is 1. The first-order valence-electron chi connectivity index (χ1n) is 8.20. The number of anilines is 2. The Morgan fingerprint density at radius 3 is 2.59 bits per heavy atom. The Morgan fingerprint density at radius 2 is 1.86 bits per heavy atom. The lowest BCUT2D eigenvalue weighted by Gasteiger charge is -2.17. The van der Waals surface area contributed by atoms with E-state index in [9.17, 15) is 22.4 Å². The molecule has 3 rings (SSSR count). The maximum absolute atomic E-state index is 13.1. The van der Waals surface area contributed by atoms with E-state index >= 15 is 0 Å². The first-order chi connectivity index (χ1) is 13.7. The van der Waals surface area contributed by atoms with Gasteiger partial charge in [0.2, 0.25) is 11.9 Å². The van der Waals surface area contributed by atoms with E-state index in [1.54, 1.807) is 30.3 Å². The Hall–Kier alpha value is -3.69. The van der Waals surface area contributed by atoms with Crippen molar-refractivity contribution in [2.24, 2.45) is 5.73 Å². The summed E-state index contributed by atoms with van der Waals surface area (Å²) in [6, 6.07) is 13.2. The Morgan fingerprint density at radius 1 is 1.10 bits per heavy atom. The van der Waals surface area contributed by atoms with Gasteiger partial charge >= 0.3 is 12.5 Å². The Bertz CT molecular complexity index is 1030. The van der Waals surface area contributed by atoms with Gasteiger partial charge in [-0.2, -0.15) is 17.6 Å². The zero-order valence-corrected chi connectivity index (χ0v) is 14.7. The fraction of sp³-hybridized carbons (Fsp3) is 0.105. The van der Waals surface area contributed by atoms with Crippen molar-refractivity contribution in [3.8, 4) is 17.0 Å². The van der Waals surface area contributed by atoms with Crippen LogP contribution in [0.3, 0.4) is 0 Å². The molecule has 0 aliphatic carbocycles. The molecule has 1 heterocycles. The number of alkyl halides is 4. The average Bonchev–Trinajstić information content (AvgIpc) is 2.68. The number of benzene rings is 2. The molecule has 0 unspecified atom stereocenters. The molecule has 29 heavy (non-hydrogen) atoms. The molecular weight excluding hydrogens is 392 g/mol. The van der Waals surface area contributed by atoms with Crippen molar-refractivity contribution in [1.29, 1.82) is 0 Å². The minimum Gasteiger partial charge on any atom is -0.428 e. The molecule has 0 fully saturated rings. The molecule has 3 N–H and O–H groups in total. The highest BCUT2D eigenvalue weighted by atomic mass is 19.3. The SMILES string of the molecule is NC(=O)c1cccc(-c2ccnc(Nc3cccc(OC(F)(F)C(F)F)c3)n2)c1. The average molecular weight is 406 g/mol. The van der Waals surface area contributed by atoms with Gasteiger partial charge in [0.15, 0.2) is 0 Å². The van der Waals surface area contributed by atoms with Crippen molar-refractivity contribution in [3.05, 3.63) is 66.4 Å². The molecule has 3 aromatic rings. The Labute approximate surface area is 162 Å².